The van der Waals surface area contributed by atoms with Gasteiger partial charge in [-0.25, -0.2) is 14.4 Å². The zero-order chi connectivity index (χ0) is 18.0. The summed E-state index contributed by atoms with van der Waals surface area (Å²) >= 11 is 0. The Morgan fingerprint density at radius 1 is 1.04 bits per heavy atom. The summed E-state index contributed by atoms with van der Waals surface area (Å²) < 4.78 is 40.1. The Hall–Kier alpha value is -2.10. The number of anilines is 1. The van der Waals surface area contributed by atoms with Gasteiger partial charge < -0.3 is 4.90 Å². The van der Waals surface area contributed by atoms with Crippen LogP contribution >= 0.6 is 0 Å². The molecule has 0 radical (unpaired) electrons. The summed E-state index contributed by atoms with van der Waals surface area (Å²) in [7, 11) is -0.331. The van der Waals surface area contributed by atoms with E-state index in [1.54, 1.807) is 12.1 Å². The molecule has 1 fully saturated rings. The summed E-state index contributed by atoms with van der Waals surface area (Å²) in [4.78, 5) is 10.6. The fourth-order valence-corrected chi connectivity index (χ4v) is 3.76. The average molecular weight is 365 g/mol. The van der Waals surface area contributed by atoms with Crippen LogP contribution in [0.25, 0.3) is 11.3 Å². The van der Waals surface area contributed by atoms with E-state index in [1.165, 1.54) is 41.2 Å². The van der Waals surface area contributed by atoms with Gasteiger partial charge in [0, 0.05) is 51.9 Å². The van der Waals surface area contributed by atoms with E-state index in [9.17, 15) is 12.8 Å². The Labute approximate surface area is 146 Å². The predicted molar refractivity (Wildman–Crippen MR) is 93.8 cm³/mol. The third kappa shape index (κ3) is 3.78. The number of nitrogens with zero attached hydrogens (tertiary/aromatic N) is 5. The molecular weight excluding hydrogens is 345 g/mol. The molecule has 0 unspecified atom stereocenters. The van der Waals surface area contributed by atoms with E-state index in [-0.39, 0.29) is 5.82 Å². The minimum absolute atomic E-state index is 0.295. The molecule has 0 N–H and O–H groups in total. The molecule has 1 saturated heterocycles. The maximum Gasteiger partial charge on any atom is 0.281 e. The van der Waals surface area contributed by atoms with Crippen LogP contribution in [0.5, 0.6) is 0 Å². The van der Waals surface area contributed by atoms with E-state index >= 15 is 0 Å². The van der Waals surface area contributed by atoms with Crippen molar-refractivity contribution in [3.63, 3.8) is 0 Å². The molecule has 25 heavy (non-hydrogen) atoms. The van der Waals surface area contributed by atoms with Gasteiger partial charge in [0.05, 0.1) is 5.69 Å². The molecule has 1 aliphatic heterocycles. The molecule has 0 bridgehead atoms. The van der Waals surface area contributed by atoms with E-state index < -0.39 is 10.2 Å². The first kappa shape index (κ1) is 17.7. The number of hydrogen-bond donors (Lipinski definition) is 0. The van der Waals surface area contributed by atoms with Gasteiger partial charge in [0.25, 0.3) is 10.2 Å². The van der Waals surface area contributed by atoms with Crippen molar-refractivity contribution in [3.8, 4) is 11.3 Å². The molecule has 0 atom stereocenters. The van der Waals surface area contributed by atoms with Crippen LogP contribution < -0.4 is 4.90 Å². The Bertz CT molecular complexity index is 834. The van der Waals surface area contributed by atoms with Crippen LogP contribution in [0.4, 0.5) is 10.2 Å². The third-order valence-corrected chi connectivity index (χ3v) is 6.08. The second kappa shape index (κ2) is 7.03. The molecule has 2 aromatic rings. The first-order chi connectivity index (χ1) is 11.9. The van der Waals surface area contributed by atoms with Crippen LogP contribution in [0.1, 0.15) is 0 Å². The fourth-order valence-electron chi connectivity index (χ4n) is 2.68. The van der Waals surface area contributed by atoms with Gasteiger partial charge in [-0.15, -0.1) is 0 Å². The zero-order valence-corrected chi connectivity index (χ0v) is 14.9. The lowest BCUT2D eigenvalue weighted by Gasteiger charge is -2.35. The SMILES string of the molecule is CN(C)S(=O)(=O)N1CCN(c2cc(-c3ccc(F)cc3)ncn2)CC1. The molecule has 1 aliphatic rings. The molecule has 7 nitrogen and oxygen atoms in total. The molecular formula is C16H20FN5O2S. The van der Waals surface area contributed by atoms with Crippen molar-refractivity contribution < 1.29 is 12.8 Å². The van der Waals surface area contributed by atoms with Crippen molar-refractivity contribution in [1.82, 2.24) is 18.6 Å². The van der Waals surface area contributed by atoms with E-state index in [0.717, 1.165) is 11.4 Å². The van der Waals surface area contributed by atoms with Crippen LogP contribution in [0.15, 0.2) is 36.7 Å². The zero-order valence-electron chi connectivity index (χ0n) is 14.1. The maximum absolute atomic E-state index is 13.1. The lowest BCUT2D eigenvalue weighted by Crippen LogP contribution is -2.51. The van der Waals surface area contributed by atoms with Gasteiger partial charge in [0.2, 0.25) is 0 Å². The Morgan fingerprint density at radius 2 is 1.68 bits per heavy atom. The van der Waals surface area contributed by atoms with Crippen LogP contribution in [0.3, 0.4) is 0 Å². The van der Waals surface area contributed by atoms with Crippen LogP contribution in [0, 0.1) is 5.82 Å². The number of piperazine rings is 1. The fraction of sp³-hybridized carbons (Fsp3) is 0.375. The molecule has 1 aromatic heterocycles. The van der Waals surface area contributed by atoms with Gasteiger partial charge in [-0.2, -0.15) is 17.0 Å². The van der Waals surface area contributed by atoms with E-state index in [4.69, 9.17) is 0 Å². The van der Waals surface area contributed by atoms with Gasteiger partial charge >= 0.3 is 0 Å². The molecule has 0 aliphatic carbocycles. The Balaban J connectivity index is 1.74. The number of halogens is 1. The Kier molecular flexibility index (Phi) is 4.98. The van der Waals surface area contributed by atoms with Crippen molar-refractivity contribution in [3.05, 3.63) is 42.5 Å². The van der Waals surface area contributed by atoms with Gasteiger partial charge in [0.15, 0.2) is 0 Å². The predicted octanol–water partition coefficient (Wildman–Crippen LogP) is 1.21. The van der Waals surface area contributed by atoms with Gasteiger partial charge in [-0.05, 0) is 24.3 Å². The molecule has 134 valence electrons. The lowest BCUT2D eigenvalue weighted by molar-refractivity contribution is 0.355. The van der Waals surface area contributed by atoms with Crippen molar-refractivity contribution in [2.75, 3.05) is 45.2 Å². The lowest BCUT2D eigenvalue weighted by atomic mass is 10.1. The van der Waals surface area contributed by atoms with Crippen molar-refractivity contribution >= 4 is 16.0 Å². The number of hydrogen-bond acceptors (Lipinski definition) is 5. The maximum atomic E-state index is 13.1. The smallest absolute Gasteiger partial charge is 0.281 e. The summed E-state index contributed by atoms with van der Waals surface area (Å²) in [5.74, 6) is 0.437. The van der Waals surface area contributed by atoms with Crippen LogP contribution in [0.2, 0.25) is 0 Å². The number of aromatic nitrogens is 2. The van der Waals surface area contributed by atoms with Crippen molar-refractivity contribution in [1.29, 1.82) is 0 Å². The molecule has 0 amide bonds. The second-order valence-corrected chi connectivity index (χ2v) is 8.09. The first-order valence-electron chi connectivity index (χ1n) is 7.88. The van der Waals surface area contributed by atoms with Crippen LogP contribution in [-0.4, -0.2) is 67.3 Å². The summed E-state index contributed by atoms with van der Waals surface area (Å²) in [6.07, 6.45) is 1.47. The topological polar surface area (TPSA) is 69.6 Å². The van der Waals surface area contributed by atoms with E-state index in [2.05, 4.69) is 9.97 Å². The standard InChI is InChI=1S/C16H20FN5O2S/c1-20(2)25(23,24)22-9-7-21(8-10-22)16-11-15(18-12-19-16)13-3-5-14(17)6-4-13/h3-6,11-12H,7-10H2,1-2H3. The largest absolute Gasteiger partial charge is 0.354 e. The molecule has 0 saturated carbocycles. The molecule has 0 spiro atoms. The van der Waals surface area contributed by atoms with Crippen molar-refractivity contribution in [2.24, 2.45) is 0 Å². The minimum Gasteiger partial charge on any atom is -0.354 e. The Morgan fingerprint density at radius 3 is 2.28 bits per heavy atom. The van der Waals surface area contributed by atoms with E-state index in [0.29, 0.717) is 31.9 Å². The highest BCUT2D eigenvalue weighted by molar-refractivity contribution is 7.86. The highest BCUT2D eigenvalue weighted by atomic mass is 32.2. The molecule has 9 heteroatoms. The molecule has 1 aromatic carbocycles. The third-order valence-electron chi connectivity index (χ3n) is 4.14. The summed E-state index contributed by atoms with van der Waals surface area (Å²) in [5, 5.41) is 0. The first-order valence-corrected chi connectivity index (χ1v) is 9.28. The van der Waals surface area contributed by atoms with E-state index in [1.807, 2.05) is 11.0 Å². The van der Waals surface area contributed by atoms with Gasteiger partial charge in [-0.3, -0.25) is 0 Å². The highest BCUT2D eigenvalue weighted by Crippen LogP contribution is 2.22. The summed E-state index contributed by atoms with van der Waals surface area (Å²) in [6, 6.07) is 7.96. The second-order valence-electron chi connectivity index (χ2n) is 5.94. The summed E-state index contributed by atoms with van der Waals surface area (Å²) in [6.45, 7) is 1.90. The number of benzene rings is 1. The summed E-state index contributed by atoms with van der Waals surface area (Å²) in [5.41, 5.74) is 1.51. The normalized spacial score (nSPS) is 16.4. The number of rotatable bonds is 4. The van der Waals surface area contributed by atoms with Gasteiger partial charge in [0.1, 0.15) is 18.0 Å². The quantitative estimate of drug-likeness (QED) is 0.815. The highest BCUT2D eigenvalue weighted by Gasteiger charge is 2.29. The molecule has 3 rings (SSSR count). The molecule has 2 heterocycles. The average Bonchev–Trinajstić information content (AvgIpc) is 2.62. The minimum atomic E-state index is -3.39. The monoisotopic (exact) mass is 365 g/mol. The van der Waals surface area contributed by atoms with Gasteiger partial charge in [-0.1, -0.05) is 0 Å². The van der Waals surface area contributed by atoms with Crippen LogP contribution in [-0.2, 0) is 10.2 Å². The van der Waals surface area contributed by atoms with Crippen molar-refractivity contribution in [2.45, 2.75) is 0 Å².